The van der Waals surface area contributed by atoms with E-state index in [0.717, 1.165) is 27.8 Å². The van der Waals surface area contributed by atoms with E-state index >= 15 is 0 Å². The zero-order valence-electron chi connectivity index (χ0n) is 9.71. The lowest BCUT2D eigenvalue weighted by Crippen LogP contribution is -1.98. The van der Waals surface area contributed by atoms with Gasteiger partial charge in [-0.1, -0.05) is 11.8 Å². The number of hydrogen-bond donors (Lipinski definition) is 1. The molecule has 0 saturated carbocycles. The second-order valence-corrected chi connectivity index (χ2v) is 6.50. The Morgan fingerprint density at radius 2 is 2.33 bits per heavy atom. The molecule has 2 heterocycles. The van der Waals surface area contributed by atoms with Crippen LogP contribution >= 0.6 is 34.4 Å². The van der Waals surface area contributed by atoms with Gasteiger partial charge in [-0.2, -0.15) is 0 Å². The van der Waals surface area contributed by atoms with Gasteiger partial charge >= 0.3 is 0 Å². The molecule has 92 valence electrons. The maximum Gasteiger partial charge on any atom is 0.150 e. The van der Waals surface area contributed by atoms with Gasteiger partial charge in [-0.25, -0.2) is 9.97 Å². The molecule has 3 nitrogen and oxygen atoms in total. The van der Waals surface area contributed by atoms with Crippen molar-refractivity contribution in [1.82, 2.24) is 9.97 Å². The minimum atomic E-state index is 0.767. The van der Waals surface area contributed by atoms with E-state index in [9.17, 15) is 0 Å². The highest BCUT2D eigenvalue weighted by Gasteiger charge is 2.04. The molecule has 0 aliphatic rings. The SMILES string of the molecule is CSc1nc2ccc(NCc3cscn3)cc2s1. The van der Waals surface area contributed by atoms with Crippen LogP contribution in [0.2, 0.25) is 0 Å². The number of thioether (sulfide) groups is 1. The van der Waals surface area contributed by atoms with E-state index < -0.39 is 0 Å². The summed E-state index contributed by atoms with van der Waals surface area (Å²) in [7, 11) is 0. The van der Waals surface area contributed by atoms with Crippen LogP contribution in [0.5, 0.6) is 0 Å². The Labute approximate surface area is 117 Å². The van der Waals surface area contributed by atoms with Crippen LogP contribution in [0.1, 0.15) is 5.69 Å². The van der Waals surface area contributed by atoms with Crippen molar-refractivity contribution in [2.24, 2.45) is 0 Å². The third-order valence-electron chi connectivity index (χ3n) is 2.50. The molecule has 0 aliphatic carbocycles. The van der Waals surface area contributed by atoms with Crippen molar-refractivity contribution in [3.63, 3.8) is 0 Å². The average molecular weight is 293 g/mol. The van der Waals surface area contributed by atoms with Crippen LogP contribution in [0.25, 0.3) is 10.2 Å². The van der Waals surface area contributed by atoms with Crippen molar-refractivity contribution >= 4 is 50.3 Å². The monoisotopic (exact) mass is 293 g/mol. The van der Waals surface area contributed by atoms with Crippen molar-refractivity contribution in [1.29, 1.82) is 0 Å². The van der Waals surface area contributed by atoms with Crippen LogP contribution in [0, 0.1) is 0 Å². The van der Waals surface area contributed by atoms with Crippen molar-refractivity contribution in [3.8, 4) is 0 Å². The molecule has 3 rings (SSSR count). The molecule has 0 amide bonds. The Morgan fingerprint density at radius 3 is 3.11 bits per heavy atom. The summed E-state index contributed by atoms with van der Waals surface area (Å²) in [4.78, 5) is 8.78. The third kappa shape index (κ3) is 2.50. The lowest BCUT2D eigenvalue weighted by Gasteiger charge is -2.03. The van der Waals surface area contributed by atoms with Crippen LogP contribution in [-0.2, 0) is 6.54 Å². The average Bonchev–Trinajstić information content (AvgIpc) is 3.04. The molecule has 1 aromatic carbocycles. The van der Waals surface area contributed by atoms with Gasteiger partial charge in [-0.15, -0.1) is 22.7 Å². The molecule has 0 spiro atoms. The van der Waals surface area contributed by atoms with Crippen LogP contribution in [0.3, 0.4) is 0 Å². The topological polar surface area (TPSA) is 37.8 Å². The number of hydrogen-bond acceptors (Lipinski definition) is 6. The largest absolute Gasteiger partial charge is 0.379 e. The van der Waals surface area contributed by atoms with Crippen molar-refractivity contribution in [2.45, 2.75) is 10.9 Å². The fourth-order valence-corrected chi connectivity index (χ4v) is 3.71. The van der Waals surface area contributed by atoms with E-state index in [1.54, 1.807) is 34.4 Å². The molecule has 0 bridgehead atoms. The zero-order valence-corrected chi connectivity index (χ0v) is 12.2. The first kappa shape index (κ1) is 12.0. The maximum atomic E-state index is 4.53. The van der Waals surface area contributed by atoms with E-state index in [4.69, 9.17) is 0 Å². The molecule has 3 aromatic rings. The Balaban J connectivity index is 1.80. The highest BCUT2D eigenvalue weighted by molar-refractivity contribution is 8.00. The van der Waals surface area contributed by atoms with Crippen molar-refractivity contribution < 1.29 is 0 Å². The first-order chi connectivity index (χ1) is 8.85. The van der Waals surface area contributed by atoms with Gasteiger partial charge in [0.15, 0.2) is 4.34 Å². The summed E-state index contributed by atoms with van der Waals surface area (Å²) in [6.45, 7) is 0.767. The van der Waals surface area contributed by atoms with Gasteiger partial charge in [0.05, 0.1) is 28.0 Å². The van der Waals surface area contributed by atoms with Crippen LogP contribution in [-0.4, -0.2) is 16.2 Å². The number of aromatic nitrogens is 2. The Bertz CT molecular complexity index is 646. The molecule has 0 aliphatic heterocycles. The van der Waals surface area contributed by atoms with Gasteiger partial charge < -0.3 is 5.32 Å². The molecular formula is C12H11N3S3. The summed E-state index contributed by atoms with van der Waals surface area (Å²) in [5.41, 5.74) is 5.12. The smallest absolute Gasteiger partial charge is 0.150 e. The van der Waals surface area contributed by atoms with Gasteiger partial charge in [0, 0.05) is 11.1 Å². The molecule has 2 aromatic heterocycles. The fraction of sp³-hybridized carbons (Fsp3) is 0.167. The number of nitrogens with zero attached hydrogens (tertiary/aromatic N) is 2. The number of benzene rings is 1. The first-order valence-electron chi connectivity index (χ1n) is 5.40. The first-order valence-corrected chi connectivity index (χ1v) is 8.39. The van der Waals surface area contributed by atoms with E-state index in [1.807, 2.05) is 5.51 Å². The summed E-state index contributed by atoms with van der Waals surface area (Å²) in [5, 5.41) is 5.44. The molecule has 0 unspecified atom stereocenters. The van der Waals surface area contributed by atoms with Gasteiger partial charge in [0.25, 0.3) is 0 Å². The summed E-state index contributed by atoms with van der Waals surface area (Å²) < 4.78 is 2.34. The minimum absolute atomic E-state index is 0.767. The maximum absolute atomic E-state index is 4.53. The van der Waals surface area contributed by atoms with E-state index in [-0.39, 0.29) is 0 Å². The predicted molar refractivity (Wildman–Crippen MR) is 80.8 cm³/mol. The summed E-state index contributed by atoms with van der Waals surface area (Å²) in [6.07, 6.45) is 2.05. The van der Waals surface area contributed by atoms with Gasteiger partial charge in [-0.3, -0.25) is 0 Å². The molecule has 1 N–H and O–H groups in total. The van der Waals surface area contributed by atoms with Crippen molar-refractivity contribution in [3.05, 3.63) is 34.8 Å². The Kier molecular flexibility index (Phi) is 3.49. The van der Waals surface area contributed by atoms with E-state index in [1.165, 1.54) is 4.70 Å². The Morgan fingerprint density at radius 1 is 1.39 bits per heavy atom. The molecular weight excluding hydrogens is 282 g/mol. The number of fused-ring (bicyclic) bond motifs is 1. The van der Waals surface area contributed by atoms with Crippen LogP contribution in [0.4, 0.5) is 5.69 Å². The quantitative estimate of drug-likeness (QED) is 0.735. The number of rotatable bonds is 4. The molecule has 0 radical (unpaired) electrons. The second-order valence-electron chi connectivity index (χ2n) is 3.70. The van der Waals surface area contributed by atoms with Gasteiger partial charge in [0.1, 0.15) is 0 Å². The molecule has 6 heteroatoms. The zero-order chi connectivity index (χ0) is 12.4. The van der Waals surface area contributed by atoms with E-state index in [2.05, 4.69) is 45.1 Å². The number of thiazole rings is 2. The van der Waals surface area contributed by atoms with Crippen LogP contribution in [0.15, 0.2) is 33.4 Å². The normalized spacial score (nSPS) is 10.9. The molecule has 18 heavy (non-hydrogen) atoms. The molecule has 0 fully saturated rings. The fourth-order valence-electron chi connectivity index (χ4n) is 1.62. The van der Waals surface area contributed by atoms with Crippen molar-refractivity contribution in [2.75, 3.05) is 11.6 Å². The Hall–Kier alpha value is -1.11. The highest BCUT2D eigenvalue weighted by atomic mass is 32.2. The second kappa shape index (κ2) is 5.26. The number of anilines is 1. The van der Waals surface area contributed by atoms with Gasteiger partial charge in [0.2, 0.25) is 0 Å². The standard InChI is InChI=1S/C12H11N3S3/c1-16-12-15-10-3-2-8(4-11(10)18-12)13-5-9-6-17-7-14-9/h2-4,6-7,13H,5H2,1H3. The number of nitrogens with one attached hydrogen (secondary N) is 1. The summed E-state index contributed by atoms with van der Waals surface area (Å²) >= 11 is 5.04. The highest BCUT2D eigenvalue weighted by Crippen LogP contribution is 2.30. The third-order valence-corrected chi connectivity index (χ3v) is 5.14. The summed E-state index contributed by atoms with van der Waals surface area (Å²) in [5.74, 6) is 0. The summed E-state index contributed by atoms with van der Waals surface area (Å²) in [6, 6.07) is 6.28. The minimum Gasteiger partial charge on any atom is -0.379 e. The lowest BCUT2D eigenvalue weighted by atomic mass is 10.3. The van der Waals surface area contributed by atoms with E-state index in [0.29, 0.717) is 0 Å². The predicted octanol–water partition coefficient (Wildman–Crippen LogP) is 4.09. The molecule has 0 saturated heterocycles. The van der Waals surface area contributed by atoms with Crippen LogP contribution < -0.4 is 5.32 Å². The lowest BCUT2D eigenvalue weighted by molar-refractivity contribution is 1.08. The molecule has 0 atom stereocenters. The van der Waals surface area contributed by atoms with Gasteiger partial charge in [-0.05, 0) is 24.5 Å².